The second-order valence-corrected chi connectivity index (χ2v) is 5.88. The van der Waals surface area contributed by atoms with Gasteiger partial charge < -0.3 is 9.64 Å². The van der Waals surface area contributed by atoms with Crippen molar-refractivity contribution in [3.05, 3.63) is 52.0 Å². The normalized spacial score (nSPS) is 10.9. The molecule has 25 heavy (non-hydrogen) atoms. The van der Waals surface area contributed by atoms with Gasteiger partial charge in [-0.2, -0.15) is 9.61 Å². The third-order valence-corrected chi connectivity index (χ3v) is 3.98. The van der Waals surface area contributed by atoms with E-state index in [0.717, 1.165) is 0 Å². The number of carbonyl (C=O) groups is 1. The number of carbonyl (C=O) groups excluding carboxylic acids is 1. The molecule has 0 saturated heterocycles. The van der Waals surface area contributed by atoms with Crippen molar-refractivity contribution in [1.82, 2.24) is 14.6 Å². The highest BCUT2D eigenvalue weighted by atomic mass is 35.5. The van der Waals surface area contributed by atoms with Crippen LogP contribution in [0.15, 0.2) is 30.3 Å². The van der Waals surface area contributed by atoms with Crippen LogP contribution in [0.25, 0.3) is 5.65 Å². The molecular formula is C16H13Cl2FN4O2. The molecule has 0 aliphatic carbocycles. The van der Waals surface area contributed by atoms with Gasteiger partial charge in [-0.05, 0) is 19.1 Å². The number of aromatic nitrogens is 3. The number of nitrogens with zero attached hydrogens (tertiary/aromatic N) is 4. The van der Waals surface area contributed by atoms with Gasteiger partial charge in [-0.25, -0.2) is 14.2 Å². The minimum Gasteiger partial charge on any atom is -0.461 e. The first kappa shape index (κ1) is 17.4. The summed E-state index contributed by atoms with van der Waals surface area (Å²) in [6, 6.07) is 7.33. The van der Waals surface area contributed by atoms with Crippen molar-refractivity contribution in [3.63, 3.8) is 0 Å². The molecule has 0 N–H and O–H groups in total. The summed E-state index contributed by atoms with van der Waals surface area (Å²) in [7, 11) is 1.61. The third kappa shape index (κ3) is 3.25. The Bertz CT molecular complexity index is 940. The molecule has 6 nitrogen and oxygen atoms in total. The van der Waals surface area contributed by atoms with Crippen LogP contribution in [-0.2, 0) is 4.74 Å². The summed E-state index contributed by atoms with van der Waals surface area (Å²) in [6.07, 6.45) is 0. The van der Waals surface area contributed by atoms with E-state index < -0.39 is 11.8 Å². The first-order valence-electron chi connectivity index (χ1n) is 7.33. The van der Waals surface area contributed by atoms with Gasteiger partial charge in [0.2, 0.25) is 0 Å². The standard InChI is InChI=1S/C16H13Cl2FN4O2/c1-3-25-16(24)11-7-13-20-12(18)8-14(23(13)21-11)22(2)15-9(17)5-4-6-10(15)19/h4-8H,3H2,1-2H3. The van der Waals surface area contributed by atoms with Gasteiger partial charge in [0.05, 0.1) is 17.3 Å². The number of anilines is 2. The van der Waals surface area contributed by atoms with Crippen LogP contribution in [0.5, 0.6) is 0 Å². The molecule has 0 radical (unpaired) electrons. The van der Waals surface area contributed by atoms with Crippen molar-refractivity contribution in [1.29, 1.82) is 0 Å². The van der Waals surface area contributed by atoms with Crippen molar-refractivity contribution < 1.29 is 13.9 Å². The maximum Gasteiger partial charge on any atom is 0.358 e. The Kier molecular flexibility index (Phi) is 4.78. The molecule has 2 aromatic heterocycles. The predicted octanol–water partition coefficient (Wildman–Crippen LogP) is 4.12. The molecule has 0 atom stereocenters. The van der Waals surface area contributed by atoms with Gasteiger partial charge >= 0.3 is 5.97 Å². The molecular weight excluding hydrogens is 370 g/mol. The zero-order valence-corrected chi connectivity index (χ0v) is 14.8. The summed E-state index contributed by atoms with van der Waals surface area (Å²) < 4.78 is 20.6. The molecule has 1 aromatic carbocycles. The lowest BCUT2D eigenvalue weighted by molar-refractivity contribution is 0.0519. The number of benzene rings is 1. The minimum atomic E-state index is -0.582. The topological polar surface area (TPSA) is 59.7 Å². The molecule has 3 rings (SSSR count). The highest BCUT2D eigenvalue weighted by Gasteiger charge is 2.20. The number of hydrogen-bond acceptors (Lipinski definition) is 5. The summed E-state index contributed by atoms with van der Waals surface area (Å²) in [5.74, 6) is -0.701. The van der Waals surface area contributed by atoms with Crippen LogP contribution in [0.2, 0.25) is 10.2 Å². The van der Waals surface area contributed by atoms with Gasteiger partial charge in [0.25, 0.3) is 0 Å². The Morgan fingerprint density at radius 2 is 2.12 bits per heavy atom. The van der Waals surface area contributed by atoms with Gasteiger partial charge in [-0.3, -0.25) is 0 Å². The van der Waals surface area contributed by atoms with E-state index in [1.165, 1.54) is 33.7 Å². The Morgan fingerprint density at radius 3 is 2.80 bits per heavy atom. The highest BCUT2D eigenvalue weighted by molar-refractivity contribution is 6.33. The highest BCUT2D eigenvalue weighted by Crippen LogP contribution is 2.33. The van der Waals surface area contributed by atoms with E-state index >= 15 is 0 Å². The molecule has 0 spiro atoms. The summed E-state index contributed by atoms with van der Waals surface area (Å²) in [5, 5.41) is 4.58. The average Bonchev–Trinajstić information content (AvgIpc) is 2.98. The smallest absolute Gasteiger partial charge is 0.358 e. The SMILES string of the molecule is CCOC(=O)c1cc2nc(Cl)cc(N(C)c3c(F)cccc3Cl)n2n1. The fraction of sp³-hybridized carbons (Fsp3) is 0.188. The summed E-state index contributed by atoms with van der Waals surface area (Å²) >= 11 is 12.2. The van der Waals surface area contributed by atoms with Gasteiger partial charge in [0.1, 0.15) is 16.8 Å². The fourth-order valence-electron chi connectivity index (χ4n) is 2.40. The maximum absolute atomic E-state index is 14.2. The van der Waals surface area contributed by atoms with E-state index in [4.69, 9.17) is 27.9 Å². The molecule has 130 valence electrons. The van der Waals surface area contributed by atoms with Crippen molar-refractivity contribution >= 4 is 46.3 Å². The largest absolute Gasteiger partial charge is 0.461 e. The number of para-hydroxylation sites is 1. The van der Waals surface area contributed by atoms with E-state index in [1.807, 2.05) is 0 Å². The van der Waals surface area contributed by atoms with Crippen LogP contribution in [0.4, 0.5) is 15.9 Å². The number of esters is 1. The molecule has 0 amide bonds. The molecule has 0 fully saturated rings. The van der Waals surface area contributed by atoms with Crippen molar-refractivity contribution in [2.45, 2.75) is 6.92 Å². The van der Waals surface area contributed by atoms with Gasteiger partial charge in [0, 0.05) is 19.2 Å². The maximum atomic E-state index is 14.2. The molecule has 2 heterocycles. The van der Waals surface area contributed by atoms with Crippen molar-refractivity contribution in [3.8, 4) is 0 Å². The van der Waals surface area contributed by atoms with Crippen LogP contribution in [0.1, 0.15) is 17.4 Å². The Balaban J connectivity index is 2.16. The zero-order valence-electron chi connectivity index (χ0n) is 13.3. The van der Waals surface area contributed by atoms with E-state index in [0.29, 0.717) is 11.5 Å². The molecule has 0 aliphatic heterocycles. The van der Waals surface area contributed by atoms with Crippen molar-refractivity contribution in [2.24, 2.45) is 0 Å². The molecule has 0 aliphatic rings. The quantitative estimate of drug-likeness (QED) is 0.501. The fourth-order valence-corrected chi connectivity index (χ4v) is 2.87. The van der Waals surface area contributed by atoms with Crippen LogP contribution in [0, 0.1) is 5.82 Å². The molecule has 3 aromatic rings. The number of halogens is 3. The number of rotatable bonds is 4. The van der Waals surface area contributed by atoms with E-state index in [1.54, 1.807) is 20.0 Å². The number of ether oxygens (including phenoxy) is 1. The molecule has 9 heteroatoms. The van der Waals surface area contributed by atoms with E-state index in [-0.39, 0.29) is 28.2 Å². The second-order valence-electron chi connectivity index (χ2n) is 5.09. The number of hydrogen-bond donors (Lipinski definition) is 0. The molecule has 0 unspecified atom stereocenters. The molecule has 0 saturated carbocycles. The average molecular weight is 383 g/mol. The van der Waals surface area contributed by atoms with E-state index in [9.17, 15) is 9.18 Å². The van der Waals surface area contributed by atoms with Crippen LogP contribution in [-0.4, -0.2) is 34.2 Å². The van der Waals surface area contributed by atoms with Gasteiger partial charge in [0.15, 0.2) is 11.3 Å². The van der Waals surface area contributed by atoms with E-state index in [2.05, 4.69) is 10.1 Å². The lowest BCUT2D eigenvalue weighted by Crippen LogP contribution is -2.16. The van der Waals surface area contributed by atoms with Crippen molar-refractivity contribution in [2.75, 3.05) is 18.6 Å². The van der Waals surface area contributed by atoms with Gasteiger partial charge in [-0.1, -0.05) is 29.3 Å². The van der Waals surface area contributed by atoms with Crippen LogP contribution in [0.3, 0.4) is 0 Å². The Hall–Kier alpha value is -2.38. The lowest BCUT2D eigenvalue weighted by Gasteiger charge is -2.21. The van der Waals surface area contributed by atoms with Gasteiger partial charge in [-0.15, -0.1) is 0 Å². The zero-order chi connectivity index (χ0) is 18.1. The predicted molar refractivity (Wildman–Crippen MR) is 93.4 cm³/mol. The Morgan fingerprint density at radius 1 is 1.36 bits per heavy atom. The third-order valence-electron chi connectivity index (χ3n) is 3.48. The number of fused-ring (bicyclic) bond motifs is 1. The first-order chi connectivity index (χ1) is 11.9. The summed E-state index contributed by atoms with van der Waals surface area (Å²) in [6.45, 7) is 1.92. The minimum absolute atomic E-state index is 0.0749. The monoisotopic (exact) mass is 382 g/mol. The first-order valence-corrected chi connectivity index (χ1v) is 8.09. The van der Waals surface area contributed by atoms with Crippen LogP contribution >= 0.6 is 23.2 Å². The lowest BCUT2D eigenvalue weighted by atomic mass is 10.3. The van der Waals surface area contributed by atoms with Crippen LogP contribution < -0.4 is 4.90 Å². The summed E-state index contributed by atoms with van der Waals surface area (Å²) in [4.78, 5) is 17.5. The molecule has 0 bridgehead atoms. The Labute approximate surface area is 152 Å². The second kappa shape index (κ2) is 6.85. The summed E-state index contributed by atoms with van der Waals surface area (Å²) in [5.41, 5.74) is 0.552.